The van der Waals surface area contributed by atoms with Crippen molar-refractivity contribution in [2.75, 3.05) is 12.0 Å². The number of rotatable bonds is 9. The predicted molar refractivity (Wildman–Crippen MR) is 106 cm³/mol. The van der Waals surface area contributed by atoms with Gasteiger partial charge >= 0.3 is 0 Å². The zero-order valence-corrected chi connectivity index (χ0v) is 16.0. The Labute approximate surface area is 165 Å². The molecule has 7 nitrogen and oxygen atoms in total. The predicted octanol–water partition coefficient (Wildman–Crippen LogP) is 2.90. The molecule has 0 saturated carbocycles. The highest BCUT2D eigenvalue weighted by Gasteiger charge is 2.22. The van der Waals surface area contributed by atoms with E-state index in [2.05, 4.69) is 10.6 Å². The van der Waals surface area contributed by atoms with E-state index < -0.39 is 28.6 Å². The summed E-state index contributed by atoms with van der Waals surface area (Å²) in [7, 11) is 0. The summed E-state index contributed by atoms with van der Waals surface area (Å²) < 4.78 is 13.7. The van der Waals surface area contributed by atoms with Gasteiger partial charge in [0.2, 0.25) is 5.91 Å². The fourth-order valence-electron chi connectivity index (χ4n) is 2.45. The molecular weight excluding hydrogens is 385 g/mol. The van der Waals surface area contributed by atoms with Crippen molar-refractivity contribution in [1.29, 1.82) is 0 Å². The zero-order chi connectivity index (χ0) is 20.5. The van der Waals surface area contributed by atoms with Crippen molar-refractivity contribution >= 4 is 29.3 Å². The Balaban J connectivity index is 2.06. The second kappa shape index (κ2) is 10.4. The molecule has 0 fully saturated rings. The van der Waals surface area contributed by atoms with E-state index >= 15 is 0 Å². The van der Waals surface area contributed by atoms with Crippen molar-refractivity contribution in [2.45, 2.75) is 19.0 Å². The molecule has 28 heavy (non-hydrogen) atoms. The second-order valence-electron chi connectivity index (χ2n) is 5.92. The largest absolute Gasteiger partial charge is 0.350 e. The highest BCUT2D eigenvalue weighted by atomic mass is 32.2. The fraction of sp³-hybridized carbons (Fsp3) is 0.263. The Bertz CT molecular complexity index is 863. The van der Waals surface area contributed by atoms with Crippen LogP contribution in [0.3, 0.4) is 0 Å². The molecule has 2 aromatic carbocycles. The first-order valence-corrected chi connectivity index (χ1v) is 9.87. The number of amides is 2. The van der Waals surface area contributed by atoms with Crippen molar-refractivity contribution in [1.82, 2.24) is 10.6 Å². The highest BCUT2D eigenvalue weighted by Crippen LogP contribution is 2.14. The van der Waals surface area contributed by atoms with Crippen LogP contribution in [0.15, 0.2) is 48.5 Å². The number of benzene rings is 2. The molecule has 0 radical (unpaired) electrons. The van der Waals surface area contributed by atoms with E-state index in [9.17, 15) is 24.1 Å². The minimum absolute atomic E-state index is 0.00600. The molecule has 9 heteroatoms. The van der Waals surface area contributed by atoms with Gasteiger partial charge in [-0.25, -0.2) is 4.39 Å². The van der Waals surface area contributed by atoms with E-state index in [-0.39, 0.29) is 17.8 Å². The molecule has 0 aliphatic heterocycles. The third-order valence-electron chi connectivity index (χ3n) is 3.96. The molecule has 2 amide bonds. The van der Waals surface area contributed by atoms with Gasteiger partial charge in [-0.2, -0.15) is 11.8 Å². The van der Waals surface area contributed by atoms with Gasteiger partial charge in [0.15, 0.2) is 0 Å². The Morgan fingerprint density at radius 1 is 1.21 bits per heavy atom. The average molecular weight is 405 g/mol. The number of hydrogen-bond donors (Lipinski definition) is 2. The monoisotopic (exact) mass is 405 g/mol. The van der Waals surface area contributed by atoms with Crippen LogP contribution in [0.25, 0.3) is 0 Å². The van der Waals surface area contributed by atoms with Crippen molar-refractivity contribution < 1.29 is 18.9 Å². The summed E-state index contributed by atoms with van der Waals surface area (Å²) in [6, 6.07) is 10.5. The quantitative estimate of drug-likeness (QED) is 0.493. The lowest BCUT2D eigenvalue weighted by Gasteiger charge is -2.18. The third kappa shape index (κ3) is 6.05. The zero-order valence-electron chi connectivity index (χ0n) is 15.2. The van der Waals surface area contributed by atoms with Crippen LogP contribution in [0.4, 0.5) is 10.1 Å². The summed E-state index contributed by atoms with van der Waals surface area (Å²) in [5.74, 6) is -0.844. The number of hydrogen-bond acceptors (Lipinski definition) is 5. The summed E-state index contributed by atoms with van der Waals surface area (Å²) in [5.41, 5.74) is 0.215. The lowest BCUT2D eigenvalue weighted by Crippen LogP contribution is -2.47. The summed E-state index contributed by atoms with van der Waals surface area (Å²) in [6.45, 7) is -0.00600. The Kier molecular flexibility index (Phi) is 7.94. The molecule has 0 unspecified atom stereocenters. The van der Waals surface area contributed by atoms with Crippen LogP contribution in [-0.2, 0) is 11.3 Å². The molecule has 0 aromatic heterocycles. The van der Waals surface area contributed by atoms with Gasteiger partial charge in [-0.3, -0.25) is 19.7 Å². The van der Waals surface area contributed by atoms with Gasteiger partial charge in [-0.05, 0) is 30.6 Å². The molecular formula is C19H20FN3O4S. The minimum atomic E-state index is -0.842. The van der Waals surface area contributed by atoms with Gasteiger partial charge in [-0.1, -0.05) is 24.3 Å². The Hall–Kier alpha value is -2.94. The van der Waals surface area contributed by atoms with Gasteiger partial charge in [0.05, 0.1) is 4.92 Å². The number of halogens is 1. The Morgan fingerprint density at radius 3 is 2.64 bits per heavy atom. The summed E-state index contributed by atoms with van der Waals surface area (Å²) in [5, 5.41) is 16.1. The van der Waals surface area contributed by atoms with Crippen molar-refractivity contribution in [3.8, 4) is 0 Å². The summed E-state index contributed by atoms with van der Waals surface area (Å²) >= 11 is 1.51. The van der Waals surface area contributed by atoms with E-state index in [0.717, 1.165) is 6.07 Å². The third-order valence-corrected chi connectivity index (χ3v) is 4.61. The van der Waals surface area contributed by atoms with Gasteiger partial charge < -0.3 is 10.6 Å². The first-order chi connectivity index (χ1) is 13.4. The summed E-state index contributed by atoms with van der Waals surface area (Å²) in [4.78, 5) is 35.2. The van der Waals surface area contributed by atoms with Crippen LogP contribution in [0, 0.1) is 15.9 Å². The number of nitrogens with zero attached hydrogens (tertiary/aromatic N) is 1. The number of non-ortho nitro benzene ring substituents is 1. The molecule has 0 bridgehead atoms. The first-order valence-electron chi connectivity index (χ1n) is 8.47. The van der Waals surface area contributed by atoms with Gasteiger partial charge in [-0.15, -0.1) is 0 Å². The lowest BCUT2D eigenvalue weighted by molar-refractivity contribution is -0.384. The smallest absolute Gasteiger partial charge is 0.270 e. The van der Waals surface area contributed by atoms with E-state index in [0.29, 0.717) is 17.7 Å². The van der Waals surface area contributed by atoms with Gasteiger partial charge in [0, 0.05) is 29.8 Å². The average Bonchev–Trinajstić information content (AvgIpc) is 2.70. The van der Waals surface area contributed by atoms with Gasteiger partial charge in [0.25, 0.3) is 11.6 Å². The van der Waals surface area contributed by atoms with Crippen LogP contribution in [0.5, 0.6) is 0 Å². The summed E-state index contributed by atoms with van der Waals surface area (Å²) in [6.07, 6.45) is 2.24. The molecule has 2 aromatic rings. The van der Waals surface area contributed by atoms with Crippen LogP contribution in [0.1, 0.15) is 22.3 Å². The molecule has 148 valence electrons. The molecule has 0 saturated heterocycles. The van der Waals surface area contributed by atoms with Crippen molar-refractivity contribution in [3.63, 3.8) is 0 Å². The first kappa shape index (κ1) is 21.4. The number of nitro groups is 1. The second-order valence-corrected chi connectivity index (χ2v) is 6.91. The number of nitrogens with one attached hydrogen (secondary N) is 2. The molecule has 2 N–H and O–H groups in total. The topological polar surface area (TPSA) is 101 Å². The number of thioether (sulfide) groups is 1. The SMILES string of the molecule is CSCC[C@@H](NC(=O)c1cccc([N+](=O)[O-])c1)C(=O)NCc1ccccc1F. The maximum absolute atomic E-state index is 13.7. The molecule has 1 atom stereocenters. The Morgan fingerprint density at radius 2 is 1.96 bits per heavy atom. The molecule has 0 aliphatic rings. The highest BCUT2D eigenvalue weighted by molar-refractivity contribution is 7.98. The van der Waals surface area contributed by atoms with Crippen LogP contribution in [0.2, 0.25) is 0 Å². The number of carbonyl (C=O) groups is 2. The number of nitro benzene ring substituents is 1. The van der Waals surface area contributed by atoms with E-state index in [1.807, 2.05) is 6.26 Å². The van der Waals surface area contributed by atoms with Gasteiger partial charge in [0.1, 0.15) is 11.9 Å². The van der Waals surface area contributed by atoms with Crippen molar-refractivity contribution in [2.24, 2.45) is 0 Å². The van der Waals surface area contributed by atoms with Crippen LogP contribution in [-0.4, -0.2) is 34.8 Å². The minimum Gasteiger partial charge on any atom is -0.350 e. The molecule has 0 heterocycles. The van der Waals surface area contributed by atoms with Crippen LogP contribution >= 0.6 is 11.8 Å². The molecule has 0 aliphatic carbocycles. The fourth-order valence-corrected chi connectivity index (χ4v) is 2.93. The lowest BCUT2D eigenvalue weighted by atomic mass is 10.1. The van der Waals surface area contributed by atoms with E-state index in [1.165, 1.54) is 36.0 Å². The van der Waals surface area contributed by atoms with E-state index in [1.54, 1.807) is 18.2 Å². The van der Waals surface area contributed by atoms with Crippen molar-refractivity contribution in [3.05, 3.63) is 75.6 Å². The maximum atomic E-state index is 13.7. The standard InChI is InChI=1S/C19H20FN3O4S/c1-28-10-9-17(19(25)21-12-14-5-2-3-8-16(14)20)22-18(24)13-6-4-7-15(11-13)23(26)27/h2-8,11,17H,9-10,12H2,1H3,(H,21,25)(H,22,24)/t17-/m1/s1. The number of carbonyl (C=O) groups excluding carboxylic acids is 2. The maximum Gasteiger partial charge on any atom is 0.270 e. The van der Waals surface area contributed by atoms with E-state index in [4.69, 9.17) is 0 Å². The normalized spacial score (nSPS) is 11.5. The molecule has 0 spiro atoms. The van der Waals surface area contributed by atoms with Crippen LogP contribution < -0.4 is 10.6 Å². The molecule has 2 rings (SSSR count).